The lowest BCUT2D eigenvalue weighted by Crippen LogP contribution is -2.26. The van der Waals surface area contributed by atoms with Crippen molar-refractivity contribution in [1.82, 2.24) is 9.38 Å². The van der Waals surface area contributed by atoms with Crippen molar-refractivity contribution in [3.05, 3.63) is 58.0 Å². The summed E-state index contributed by atoms with van der Waals surface area (Å²) in [6.07, 6.45) is 0.857. The van der Waals surface area contributed by atoms with E-state index in [0.29, 0.717) is 22.2 Å². The molecule has 7 nitrogen and oxygen atoms in total. The van der Waals surface area contributed by atoms with Crippen molar-refractivity contribution in [3.63, 3.8) is 0 Å². The van der Waals surface area contributed by atoms with Gasteiger partial charge in [0.15, 0.2) is 11.1 Å². The van der Waals surface area contributed by atoms with Crippen LogP contribution >= 0.6 is 11.3 Å². The van der Waals surface area contributed by atoms with E-state index in [0.717, 1.165) is 0 Å². The normalized spacial score (nSPS) is 11.9. The van der Waals surface area contributed by atoms with Gasteiger partial charge < -0.3 is 14.2 Å². The molecule has 3 rings (SSSR count). The number of rotatable bonds is 6. The first-order chi connectivity index (χ1) is 12.1. The summed E-state index contributed by atoms with van der Waals surface area (Å²) in [5, 5.41) is 1.77. The summed E-state index contributed by atoms with van der Waals surface area (Å²) >= 11 is 1.34. The number of carbonyl (C=O) groups excluding carboxylic acids is 1. The van der Waals surface area contributed by atoms with E-state index in [4.69, 9.17) is 14.2 Å². The van der Waals surface area contributed by atoms with E-state index in [1.165, 1.54) is 21.8 Å². The molecular weight excluding hydrogens is 344 g/mol. The van der Waals surface area contributed by atoms with Crippen LogP contribution in [0.5, 0.6) is 11.5 Å². The van der Waals surface area contributed by atoms with Crippen LogP contribution < -0.4 is 15.0 Å². The molecule has 0 N–H and O–H groups in total. The number of carbonyl (C=O) groups is 1. The van der Waals surface area contributed by atoms with Gasteiger partial charge in [0, 0.05) is 17.6 Å². The summed E-state index contributed by atoms with van der Waals surface area (Å²) in [4.78, 5) is 28.8. The maximum Gasteiger partial charge on any atom is 0.347 e. The number of hydrogen-bond acceptors (Lipinski definition) is 7. The van der Waals surface area contributed by atoms with E-state index in [-0.39, 0.29) is 12.2 Å². The van der Waals surface area contributed by atoms with E-state index in [1.807, 2.05) is 0 Å². The van der Waals surface area contributed by atoms with E-state index >= 15 is 0 Å². The maximum absolute atomic E-state index is 12.1. The summed E-state index contributed by atoms with van der Waals surface area (Å²) < 4.78 is 17.2. The summed E-state index contributed by atoms with van der Waals surface area (Å²) in [5.41, 5.74) is 0.192. The quantitative estimate of drug-likeness (QED) is 0.628. The highest BCUT2D eigenvalue weighted by Gasteiger charge is 2.17. The number of methoxy groups -OCH3 is 1. The Kier molecular flexibility index (Phi) is 4.99. The van der Waals surface area contributed by atoms with Crippen LogP contribution in [0.3, 0.4) is 0 Å². The standard InChI is InChI=1S/C17H16N2O5S/c1-11(24-14-5-3-13(22-2)4-6-14)16(21)23-10-12-9-15(20)19-7-8-25-17(19)18-12/h3-9,11H,10H2,1-2H3. The number of aromatic nitrogens is 2. The summed E-state index contributed by atoms with van der Waals surface area (Å²) in [7, 11) is 1.57. The fraction of sp³-hybridized carbons (Fsp3) is 0.235. The van der Waals surface area contributed by atoms with Crippen molar-refractivity contribution < 1.29 is 19.0 Å². The second-order valence-corrected chi connectivity index (χ2v) is 6.06. The molecule has 0 saturated carbocycles. The Labute approximate surface area is 147 Å². The molecule has 0 aliphatic heterocycles. The van der Waals surface area contributed by atoms with Crippen LogP contribution in [0.25, 0.3) is 4.96 Å². The first-order valence-electron chi connectivity index (χ1n) is 7.50. The summed E-state index contributed by atoms with van der Waals surface area (Å²) in [6, 6.07) is 8.23. The molecule has 0 aliphatic rings. The molecular formula is C17H16N2O5S. The zero-order valence-electron chi connectivity index (χ0n) is 13.7. The molecule has 1 aromatic carbocycles. The number of hydrogen-bond donors (Lipinski definition) is 0. The largest absolute Gasteiger partial charge is 0.497 e. The smallest absolute Gasteiger partial charge is 0.347 e. The van der Waals surface area contributed by atoms with E-state index < -0.39 is 12.1 Å². The minimum Gasteiger partial charge on any atom is -0.497 e. The van der Waals surface area contributed by atoms with Gasteiger partial charge in [-0.1, -0.05) is 0 Å². The average Bonchev–Trinajstić information content (AvgIpc) is 3.09. The molecule has 2 heterocycles. The third-order valence-electron chi connectivity index (χ3n) is 3.42. The molecule has 2 aromatic heterocycles. The van der Waals surface area contributed by atoms with Gasteiger partial charge in [-0.2, -0.15) is 0 Å². The number of esters is 1. The number of ether oxygens (including phenoxy) is 3. The average molecular weight is 360 g/mol. The van der Waals surface area contributed by atoms with Gasteiger partial charge in [-0.15, -0.1) is 11.3 Å². The lowest BCUT2D eigenvalue weighted by molar-refractivity contribution is -0.152. The molecule has 8 heteroatoms. The molecule has 130 valence electrons. The SMILES string of the molecule is COc1ccc(OC(C)C(=O)OCc2cc(=O)n3ccsc3n2)cc1. The number of fused-ring (bicyclic) bond motifs is 1. The predicted octanol–water partition coefficient (Wildman–Crippen LogP) is 2.28. The third kappa shape index (κ3) is 3.97. The summed E-state index contributed by atoms with van der Waals surface area (Å²) in [5.74, 6) is 0.689. The Morgan fingerprint density at radius 1 is 1.28 bits per heavy atom. The zero-order chi connectivity index (χ0) is 17.8. The predicted molar refractivity (Wildman–Crippen MR) is 92.2 cm³/mol. The minimum absolute atomic E-state index is 0.0845. The topological polar surface area (TPSA) is 79.1 Å². The molecule has 1 atom stereocenters. The van der Waals surface area contributed by atoms with Crippen molar-refractivity contribution in [2.24, 2.45) is 0 Å². The molecule has 0 spiro atoms. The molecule has 1 unspecified atom stereocenters. The van der Waals surface area contributed by atoms with Crippen molar-refractivity contribution >= 4 is 22.3 Å². The van der Waals surface area contributed by atoms with Crippen LogP contribution in [0.1, 0.15) is 12.6 Å². The zero-order valence-corrected chi connectivity index (χ0v) is 14.5. The fourth-order valence-electron chi connectivity index (χ4n) is 2.13. The maximum atomic E-state index is 12.1. The Bertz CT molecular complexity index is 932. The van der Waals surface area contributed by atoms with Crippen molar-refractivity contribution in [2.75, 3.05) is 7.11 Å². The van der Waals surface area contributed by atoms with Crippen molar-refractivity contribution in [1.29, 1.82) is 0 Å². The molecule has 0 fully saturated rings. The van der Waals surface area contributed by atoms with Gasteiger partial charge in [0.25, 0.3) is 5.56 Å². The van der Waals surface area contributed by atoms with E-state index in [1.54, 1.807) is 49.9 Å². The van der Waals surface area contributed by atoms with Gasteiger partial charge in [0.1, 0.15) is 18.1 Å². The van der Waals surface area contributed by atoms with E-state index in [2.05, 4.69) is 4.98 Å². The molecule has 0 radical (unpaired) electrons. The van der Waals surface area contributed by atoms with Crippen molar-refractivity contribution in [3.8, 4) is 11.5 Å². The molecule has 0 saturated heterocycles. The lowest BCUT2D eigenvalue weighted by Gasteiger charge is -2.14. The first-order valence-corrected chi connectivity index (χ1v) is 8.38. The van der Waals surface area contributed by atoms with Gasteiger partial charge in [0.05, 0.1) is 12.8 Å². The van der Waals surface area contributed by atoms with Crippen molar-refractivity contribution in [2.45, 2.75) is 19.6 Å². The second kappa shape index (κ2) is 7.35. The second-order valence-electron chi connectivity index (χ2n) is 5.18. The Morgan fingerprint density at radius 2 is 2.00 bits per heavy atom. The van der Waals surface area contributed by atoms with Crippen LogP contribution in [0.2, 0.25) is 0 Å². The fourth-order valence-corrected chi connectivity index (χ4v) is 2.87. The monoisotopic (exact) mass is 360 g/mol. The molecule has 25 heavy (non-hydrogen) atoms. The lowest BCUT2D eigenvalue weighted by atomic mass is 10.3. The van der Waals surface area contributed by atoms with E-state index in [9.17, 15) is 9.59 Å². The summed E-state index contributed by atoms with van der Waals surface area (Å²) in [6.45, 7) is 1.51. The molecule has 0 bridgehead atoms. The van der Waals surface area contributed by atoms with Crippen LogP contribution in [-0.2, 0) is 16.1 Å². The molecule has 0 aliphatic carbocycles. The van der Waals surface area contributed by atoms with Gasteiger partial charge in [-0.25, -0.2) is 9.78 Å². The van der Waals surface area contributed by atoms with Crippen LogP contribution in [0.4, 0.5) is 0 Å². The Balaban J connectivity index is 1.59. The number of benzene rings is 1. The highest BCUT2D eigenvalue weighted by Crippen LogP contribution is 2.18. The first kappa shape index (κ1) is 17.0. The number of nitrogens with zero attached hydrogens (tertiary/aromatic N) is 2. The third-order valence-corrected chi connectivity index (χ3v) is 4.18. The van der Waals surface area contributed by atoms with Gasteiger partial charge in [-0.3, -0.25) is 9.20 Å². The van der Waals surface area contributed by atoms with Gasteiger partial charge >= 0.3 is 5.97 Å². The van der Waals surface area contributed by atoms with Crippen LogP contribution in [0.15, 0.2) is 46.7 Å². The highest BCUT2D eigenvalue weighted by atomic mass is 32.1. The van der Waals surface area contributed by atoms with Gasteiger partial charge in [0.2, 0.25) is 0 Å². The molecule has 0 amide bonds. The van der Waals surface area contributed by atoms with Crippen LogP contribution in [0, 0.1) is 0 Å². The van der Waals surface area contributed by atoms with Gasteiger partial charge in [-0.05, 0) is 31.2 Å². The Hall–Kier alpha value is -2.87. The molecule has 3 aromatic rings. The van der Waals surface area contributed by atoms with Crippen LogP contribution in [-0.4, -0.2) is 28.6 Å². The Morgan fingerprint density at radius 3 is 2.72 bits per heavy atom. The highest BCUT2D eigenvalue weighted by molar-refractivity contribution is 7.15. The minimum atomic E-state index is -0.792. The number of thiazole rings is 1.